The van der Waals surface area contributed by atoms with E-state index in [1.807, 2.05) is 31.2 Å². The molecule has 0 radical (unpaired) electrons. The molecule has 3 rings (SSSR count). The van der Waals surface area contributed by atoms with Crippen molar-refractivity contribution < 1.29 is 18.3 Å². The molecular formula is C20H18F2N2O2. The average Bonchev–Trinajstić information content (AvgIpc) is 2.60. The zero-order valence-corrected chi connectivity index (χ0v) is 14.4. The van der Waals surface area contributed by atoms with Gasteiger partial charge >= 0.3 is 6.61 Å². The van der Waals surface area contributed by atoms with E-state index in [0.29, 0.717) is 11.3 Å². The van der Waals surface area contributed by atoms with Crippen LogP contribution in [0.3, 0.4) is 0 Å². The highest BCUT2D eigenvalue weighted by atomic mass is 19.3. The number of pyridine rings is 1. The molecule has 1 heterocycles. The van der Waals surface area contributed by atoms with E-state index >= 15 is 0 Å². The number of carbonyl (C=O) groups excluding carboxylic acids is 1. The van der Waals surface area contributed by atoms with Gasteiger partial charge in [-0.1, -0.05) is 23.8 Å². The van der Waals surface area contributed by atoms with Crippen molar-refractivity contribution in [2.45, 2.75) is 27.0 Å². The van der Waals surface area contributed by atoms with E-state index in [4.69, 9.17) is 0 Å². The maximum Gasteiger partial charge on any atom is 0.387 e. The first-order chi connectivity index (χ1) is 12.4. The molecule has 1 aromatic heterocycles. The summed E-state index contributed by atoms with van der Waals surface area (Å²) in [7, 11) is 0. The number of aryl methyl sites for hydroxylation is 2. The summed E-state index contributed by atoms with van der Waals surface area (Å²) >= 11 is 0. The van der Waals surface area contributed by atoms with Gasteiger partial charge in [-0.15, -0.1) is 0 Å². The molecule has 0 aliphatic carbocycles. The molecule has 1 amide bonds. The molecule has 0 atom stereocenters. The Bertz CT molecular complexity index is 940. The van der Waals surface area contributed by atoms with Crippen LogP contribution in [0.2, 0.25) is 0 Å². The topological polar surface area (TPSA) is 51.2 Å². The molecule has 6 heteroatoms. The number of nitrogens with zero attached hydrogens (tertiary/aromatic N) is 1. The van der Waals surface area contributed by atoms with Gasteiger partial charge in [0.2, 0.25) is 0 Å². The summed E-state index contributed by atoms with van der Waals surface area (Å²) in [5.41, 5.74) is 3.89. The Balaban J connectivity index is 1.71. The Morgan fingerprint density at radius 1 is 1.12 bits per heavy atom. The second-order valence-corrected chi connectivity index (χ2v) is 6.02. The van der Waals surface area contributed by atoms with Crippen LogP contribution in [-0.2, 0) is 6.54 Å². The summed E-state index contributed by atoms with van der Waals surface area (Å²) in [6.45, 7) is 1.21. The van der Waals surface area contributed by atoms with Crippen LogP contribution in [0, 0.1) is 13.8 Å². The third-order valence-electron chi connectivity index (χ3n) is 4.01. The highest BCUT2D eigenvalue weighted by Gasteiger charge is 2.12. The number of hydrogen-bond donors (Lipinski definition) is 1. The van der Waals surface area contributed by atoms with Crippen LogP contribution >= 0.6 is 0 Å². The minimum atomic E-state index is -2.85. The normalized spacial score (nSPS) is 11.0. The molecule has 0 spiro atoms. The fraction of sp³-hybridized carbons (Fsp3) is 0.200. The molecule has 0 bridgehead atoms. The molecule has 2 aromatic carbocycles. The predicted molar refractivity (Wildman–Crippen MR) is 95.5 cm³/mol. The van der Waals surface area contributed by atoms with Crippen LogP contribution < -0.4 is 10.1 Å². The van der Waals surface area contributed by atoms with Crippen molar-refractivity contribution in [1.82, 2.24) is 10.3 Å². The lowest BCUT2D eigenvalue weighted by Crippen LogP contribution is -2.24. The number of halogens is 2. The van der Waals surface area contributed by atoms with Gasteiger partial charge in [-0.25, -0.2) is 0 Å². The van der Waals surface area contributed by atoms with Crippen LogP contribution in [0.25, 0.3) is 10.9 Å². The van der Waals surface area contributed by atoms with Crippen LogP contribution in [0.1, 0.15) is 27.2 Å². The number of hydrogen-bond acceptors (Lipinski definition) is 3. The summed E-state index contributed by atoms with van der Waals surface area (Å²) in [4.78, 5) is 17.0. The number of benzene rings is 2. The minimum Gasteiger partial charge on any atom is -0.435 e. The molecule has 0 fully saturated rings. The Hall–Kier alpha value is -3.02. The SMILES string of the molecule is Cc1ccc2nc(C)c(C(=O)NCc3ccc(OC(F)F)cc3)cc2c1. The number of nitrogens with one attached hydrogen (secondary N) is 1. The molecule has 3 aromatic rings. The van der Waals surface area contributed by atoms with Crippen molar-refractivity contribution in [3.05, 3.63) is 70.9 Å². The van der Waals surface area contributed by atoms with Crippen LogP contribution in [0.5, 0.6) is 5.75 Å². The minimum absolute atomic E-state index is 0.0834. The monoisotopic (exact) mass is 356 g/mol. The maximum atomic E-state index is 12.5. The van der Waals surface area contributed by atoms with E-state index in [1.54, 1.807) is 19.1 Å². The zero-order valence-electron chi connectivity index (χ0n) is 14.4. The second-order valence-electron chi connectivity index (χ2n) is 6.02. The fourth-order valence-corrected chi connectivity index (χ4v) is 2.69. The van der Waals surface area contributed by atoms with Crippen molar-refractivity contribution in [2.75, 3.05) is 0 Å². The van der Waals surface area contributed by atoms with E-state index in [1.165, 1.54) is 12.1 Å². The molecule has 26 heavy (non-hydrogen) atoms. The van der Waals surface area contributed by atoms with Gasteiger partial charge in [0.05, 0.1) is 16.8 Å². The fourth-order valence-electron chi connectivity index (χ4n) is 2.69. The number of carbonyl (C=O) groups is 1. The standard InChI is InChI=1S/C20H18F2N2O2/c1-12-3-8-18-15(9-12)10-17(13(2)24-18)19(25)23-11-14-4-6-16(7-5-14)26-20(21)22/h3-10,20H,11H2,1-2H3,(H,23,25). The van der Waals surface area contributed by atoms with Gasteiger partial charge in [0.1, 0.15) is 5.75 Å². The summed E-state index contributed by atoms with van der Waals surface area (Å²) in [5.74, 6) is -0.147. The van der Waals surface area contributed by atoms with Gasteiger partial charge in [-0.2, -0.15) is 8.78 Å². The maximum absolute atomic E-state index is 12.5. The first-order valence-electron chi connectivity index (χ1n) is 8.12. The predicted octanol–water partition coefficient (Wildman–Crippen LogP) is 4.38. The van der Waals surface area contributed by atoms with Crippen molar-refractivity contribution in [3.8, 4) is 5.75 Å². The molecule has 4 nitrogen and oxygen atoms in total. The summed E-state index contributed by atoms with van der Waals surface area (Å²) in [6.07, 6.45) is 0. The summed E-state index contributed by atoms with van der Waals surface area (Å²) in [5, 5.41) is 3.74. The largest absolute Gasteiger partial charge is 0.435 e. The lowest BCUT2D eigenvalue weighted by atomic mass is 10.1. The molecule has 0 saturated carbocycles. The number of amides is 1. The van der Waals surface area contributed by atoms with E-state index in [-0.39, 0.29) is 18.2 Å². The van der Waals surface area contributed by atoms with Gasteiger partial charge in [0.15, 0.2) is 0 Å². The Kier molecular flexibility index (Phi) is 5.11. The number of ether oxygens (including phenoxy) is 1. The molecule has 0 saturated heterocycles. The lowest BCUT2D eigenvalue weighted by molar-refractivity contribution is -0.0498. The highest BCUT2D eigenvalue weighted by Crippen LogP contribution is 2.19. The van der Waals surface area contributed by atoms with Crippen molar-refractivity contribution in [1.29, 1.82) is 0 Å². The van der Waals surface area contributed by atoms with Crippen molar-refractivity contribution in [2.24, 2.45) is 0 Å². The molecule has 1 N–H and O–H groups in total. The van der Waals surface area contributed by atoms with Gasteiger partial charge in [0, 0.05) is 11.9 Å². The van der Waals surface area contributed by atoms with E-state index in [0.717, 1.165) is 22.0 Å². The van der Waals surface area contributed by atoms with Gasteiger partial charge in [-0.3, -0.25) is 9.78 Å². The smallest absolute Gasteiger partial charge is 0.387 e. The number of rotatable bonds is 5. The zero-order chi connectivity index (χ0) is 18.7. The average molecular weight is 356 g/mol. The molecule has 134 valence electrons. The third-order valence-corrected chi connectivity index (χ3v) is 4.01. The summed E-state index contributed by atoms with van der Waals surface area (Å²) < 4.78 is 28.6. The number of aromatic nitrogens is 1. The van der Waals surface area contributed by atoms with Gasteiger partial charge in [0.25, 0.3) is 5.91 Å². The summed E-state index contributed by atoms with van der Waals surface area (Å²) in [6, 6.07) is 13.9. The molecule has 0 unspecified atom stereocenters. The Labute approximate surface area is 149 Å². The van der Waals surface area contributed by atoms with Crippen molar-refractivity contribution in [3.63, 3.8) is 0 Å². The number of alkyl halides is 2. The lowest BCUT2D eigenvalue weighted by Gasteiger charge is -2.10. The van der Waals surface area contributed by atoms with Gasteiger partial charge in [-0.05, 0) is 49.7 Å². The van der Waals surface area contributed by atoms with E-state index in [2.05, 4.69) is 15.0 Å². The number of fused-ring (bicyclic) bond motifs is 1. The third kappa shape index (κ3) is 4.14. The molecule has 0 aliphatic rings. The molecular weight excluding hydrogens is 338 g/mol. The van der Waals surface area contributed by atoms with Crippen molar-refractivity contribution >= 4 is 16.8 Å². The van der Waals surface area contributed by atoms with Gasteiger partial charge < -0.3 is 10.1 Å². The van der Waals surface area contributed by atoms with E-state index < -0.39 is 6.61 Å². The first-order valence-corrected chi connectivity index (χ1v) is 8.12. The van der Waals surface area contributed by atoms with Crippen LogP contribution in [0.4, 0.5) is 8.78 Å². The van der Waals surface area contributed by atoms with Crippen LogP contribution in [0.15, 0.2) is 48.5 Å². The second kappa shape index (κ2) is 7.47. The molecule has 0 aliphatic heterocycles. The first kappa shape index (κ1) is 17.8. The Morgan fingerprint density at radius 2 is 1.85 bits per heavy atom. The quantitative estimate of drug-likeness (QED) is 0.738. The van der Waals surface area contributed by atoms with Crippen LogP contribution in [-0.4, -0.2) is 17.5 Å². The van der Waals surface area contributed by atoms with E-state index in [9.17, 15) is 13.6 Å². The Morgan fingerprint density at radius 3 is 2.54 bits per heavy atom. The highest BCUT2D eigenvalue weighted by molar-refractivity contribution is 5.98.